The van der Waals surface area contributed by atoms with E-state index in [0.29, 0.717) is 25.8 Å². The summed E-state index contributed by atoms with van der Waals surface area (Å²) in [4.78, 5) is 22.1. The zero-order chi connectivity index (χ0) is 15.0. The molecule has 0 aliphatic heterocycles. The average Bonchev–Trinajstić information content (AvgIpc) is 2.46. The Morgan fingerprint density at radius 1 is 1.50 bits per heavy atom. The van der Waals surface area contributed by atoms with Crippen molar-refractivity contribution in [1.29, 1.82) is 5.26 Å². The van der Waals surface area contributed by atoms with E-state index in [1.54, 1.807) is 0 Å². The van der Waals surface area contributed by atoms with Gasteiger partial charge in [0.15, 0.2) is 5.75 Å². The Morgan fingerprint density at radius 3 is 2.85 bits per heavy atom. The van der Waals surface area contributed by atoms with E-state index in [9.17, 15) is 14.9 Å². The maximum absolute atomic E-state index is 11.8. The van der Waals surface area contributed by atoms with Crippen molar-refractivity contribution >= 4 is 11.6 Å². The number of benzene rings is 1. The predicted octanol–water partition coefficient (Wildman–Crippen LogP) is 2.03. The van der Waals surface area contributed by atoms with Gasteiger partial charge in [-0.25, -0.2) is 0 Å². The molecule has 0 aliphatic carbocycles. The average molecular weight is 277 g/mol. The van der Waals surface area contributed by atoms with Crippen LogP contribution in [0, 0.1) is 21.4 Å². The van der Waals surface area contributed by atoms with Gasteiger partial charge in [0.2, 0.25) is 0 Å². The third kappa shape index (κ3) is 4.24. The van der Waals surface area contributed by atoms with Crippen LogP contribution in [0.4, 0.5) is 5.69 Å². The second-order valence-corrected chi connectivity index (χ2v) is 4.01. The Bertz CT molecular complexity index is 537. The number of nitro benzene ring substituents is 1. The molecule has 7 heteroatoms. The van der Waals surface area contributed by atoms with E-state index in [1.807, 2.05) is 6.07 Å². The Kier molecular flexibility index (Phi) is 5.97. The molecule has 1 rings (SSSR count). The van der Waals surface area contributed by atoms with Crippen molar-refractivity contribution in [3.63, 3.8) is 0 Å². The van der Waals surface area contributed by atoms with E-state index in [1.165, 1.54) is 25.3 Å². The molecule has 0 fully saturated rings. The highest BCUT2D eigenvalue weighted by atomic mass is 16.6. The van der Waals surface area contributed by atoms with Gasteiger partial charge in [-0.15, -0.1) is 0 Å². The van der Waals surface area contributed by atoms with Crippen LogP contribution < -0.4 is 10.1 Å². The number of rotatable bonds is 7. The number of hydrogen-bond acceptors (Lipinski definition) is 5. The number of hydrogen-bond donors (Lipinski definition) is 1. The van der Waals surface area contributed by atoms with Crippen molar-refractivity contribution in [2.24, 2.45) is 0 Å². The maximum atomic E-state index is 11.8. The molecule has 1 aromatic rings. The summed E-state index contributed by atoms with van der Waals surface area (Å²) >= 11 is 0. The summed E-state index contributed by atoms with van der Waals surface area (Å²) in [6.07, 6.45) is 1.85. The largest absolute Gasteiger partial charge is 0.490 e. The topological polar surface area (TPSA) is 105 Å². The standard InChI is InChI=1S/C13H15N3O4/c1-20-12-6-5-10(9-11(12)16(18)19)13(17)15-8-4-2-3-7-14/h5-6,9H,2-4,8H2,1H3,(H,15,17). The lowest BCUT2D eigenvalue weighted by Crippen LogP contribution is -2.24. The molecule has 0 unspecified atom stereocenters. The summed E-state index contributed by atoms with van der Waals surface area (Å²) in [6.45, 7) is 0.431. The van der Waals surface area contributed by atoms with E-state index < -0.39 is 4.92 Å². The van der Waals surface area contributed by atoms with Crippen LogP contribution in [0.1, 0.15) is 29.6 Å². The molecule has 0 aliphatic rings. The molecule has 1 N–H and O–H groups in total. The highest BCUT2D eigenvalue weighted by molar-refractivity contribution is 5.95. The van der Waals surface area contributed by atoms with E-state index in [4.69, 9.17) is 10.00 Å². The molecule has 0 spiro atoms. The highest BCUT2D eigenvalue weighted by Gasteiger charge is 2.17. The van der Waals surface area contributed by atoms with E-state index in [0.717, 1.165) is 0 Å². The molecule has 1 amide bonds. The molecule has 0 atom stereocenters. The second-order valence-electron chi connectivity index (χ2n) is 4.01. The molecule has 20 heavy (non-hydrogen) atoms. The summed E-state index contributed by atoms with van der Waals surface area (Å²) < 4.78 is 4.86. The number of carbonyl (C=O) groups excluding carboxylic acids is 1. The molecule has 106 valence electrons. The molecule has 1 aromatic carbocycles. The van der Waals surface area contributed by atoms with Gasteiger partial charge in [-0.2, -0.15) is 5.26 Å². The van der Waals surface area contributed by atoms with Crippen molar-refractivity contribution in [1.82, 2.24) is 5.32 Å². The quantitative estimate of drug-likeness (QED) is 0.466. The molecule has 0 bridgehead atoms. The fourth-order valence-corrected chi connectivity index (χ4v) is 1.61. The number of ether oxygens (including phenoxy) is 1. The lowest BCUT2D eigenvalue weighted by molar-refractivity contribution is -0.385. The Balaban J connectivity index is 2.67. The zero-order valence-corrected chi connectivity index (χ0v) is 11.1. The van der Waals surface area contributed by atoms with Crippen molar-refractivity contribution in [3.8, 4) is 11.8 Å². The SMILES string of the molecule is COc1ccc(C(=O)NCCCCC#N)cc1[N+](=O)[O-]. The smallest absolute Gasteiger partial charge is 0.311 e. The molecule has 0 radical (unpaired) electrons. The van der Waals surface area contributed by atoms with Gasteiger partial charge in [0.1, 0.15) is 0 Å². The number of nitriles is 1. The Labute approximate surface area is 116 Å². The van der Waals surface area contributed by atoms with Crippen LogP contribution in [0.3, 0.4) is 0 Å². The number of carbonyl (C=O) groups is 1. The van der Waals surface area contributed by atoms with Crippen LogP contribution in [0.15, 0.2) is 18.2 Å². The fourth-order valence-electron chi connectivity index (χ4n) is 1.61. The monoisotopic (exact) mass is 277 g/mol. The van der Waals surface area contributed by atoms with Crippen LogP contribution in [0.25, 0.3) is 0 Å². The fraction of sp³-hybridized carbons (Fsp3) is 0.385. The number of methoxy groups -OCH3 is 1. The van der Waals surface area contributed by atoms with Crippen molar-refractivity contribution < 1.29 is 14.5 Å². The van der Waals surface area contributed by atoms with Crippen LogP contribution >= 0.6 is 0 Å². The third-order valence-corrected chi connectivity index (χ3v) is 2.64. The highest BCUT2D eigenvalue weighted by Crippen LogP contribution is 2.27. The first kappa shape index (κ1) is 15.4. The molecule has 0 aromatic heterocycles. The van der Waals surface area contributed by atoms with Crippen LogP contribution in [0.2, 0.25) is 0 Å². The van der Waals surface area contributed by atoms with Gasteiger partial charge in [0, 0.05) is 24.6 Å². The van der Waals surface area contributed by atoms with Crippen molar-refractivity contribution in [3.05, 3.63) is 33.9 Å². The van der Waals surface area contributed by atoms with Crippen LogP contribution in [-0.2, 0) is 0 Å². The summed E-state index contributed by atoms with van der Waals surface area (Å²) in [5, 5.41) is 21.9. The van der Waals surface area contributed by atoms with Crippen LogP contribution in [-0.4, -0.2) is 24.5 Å². The van der Waals surface area contributed by atoms with E-state index >= 15 is 0 Å². The third-order valence-electron chi connectivity index (χ3n) is 2.64. The van der Waals surface area contributed by atoms with Gasteiger partial charge in [-0.05, 0) is 25.0 Å². The number of amides is 1. The van der Waals surface area contributed by atoms with Crippen molar-refractivity contribution in [2.75, 3.05) is 13.7 Å². The van der Waals surface area contributed by atoms with Gasteiger partial charge in [0.25, 0.3) is 5.91 Å². The summed E-state index contributed by atoms with van der Waals surface area (Å²) in [6, 6.07) is 6.06. The summed E-state index contributed by atoms with van der Waals surface area (Å²) in [5.41, 5.74) is -0.0394. The lowest BCUT2D eigenvalue weighted by Gasteiger charge is -2.06. The molecule has 0 saturated carbocycles. The van der Waals surface area contributed by atoms with Gasteiger partial charge in [-0.1, -0.05) is 0 Å². The summed E-state index contributed by atoms with van der Waals surface area (Å²) in [5.74, 6) is -0.270. The van der Waals surface area contributed by atoms with Gasteiger partial charge < -0.3 is 10.1 Å². The van der Waals surface area contributed by atoms with Gasteiger partial charge in [-0.3, -0.25) is 14.9 Å². The van der Waals surface area contributed by atoms with E-state index in [-0.39, 0.29) is 22.9 Å². The first-order chi connectivity index (χ1) is 9.60. The predicted molar refractivity (Wildman–Crippen MR) is 71.4 cm³/mol. The zero-order valence-electron chi connectivity index (χ0n) is 11.1. The molecular weight excluding hydrogens is 262 g/mol. The van der Waals surface area contributed by atoms with Gasteiger partial charge in [0.05, 0.1) is 18.1 Å². The normalized spacial score (nSPS) is 9.60. The van der Waals surface area contributed by atoms with Gasteiger partial charge >= 0.3 is 5.69 Å². The van der Waals surface area contributed by atoms with Crippen molar-refractivity contribution in [2.45, 2.75) is 19.3 Å². The number of unbranched alkanes of at least 4 members (excludes halogenated alkanes) is 2. The minimum atomic E-state index is -0.595. The molecule has 0 saturated heterocycles. The Morgan fingerprint density at radius 2 is 2.25 bits per heavy atom. The number of nitro groups is 1. The van der Waals surface area contributed by atoms with E-state index in [2.05, 4.69) is 5.32 Å². The molecule has 0 heterocycles. The minimum Gasteiger partial charge on any atom is -0.490 e. The maximum Gasteiger partial charge on any atom is 0.311 e. The first-order valence-corrected chi connectivity index (χ1v) is 6.07. The molecule has 7 nitrogen and oxygen atoms in total. The minimum absolute atomic E-state index is 0.112. The number of nitrogens with zero attached hydrogens (tertiary/aromatic N) is 2. The Hall–Kier alpha value is -2.62. The summed E-state index contributed by atoms with van der Waals surface area (Å²) in [7, 11) is 1.33. The van der Waals surface area contributed by atoms with Crippen LogP contribution in [0.5, 0.6) is 5.75 Å². The number of nitrogens with one attached hydrogen (secondary N) is 1. The molecular formula is C13H15N3O4. The first-order valence-electron chi connectivity index (χ1n) is 6.07. The second kappa shape index (κ2) is 7.74. The lowest BCUT2D eigenvalue weighted by atomic mass is 10.1.